The highest BCUT2D eigenvalue weighted by Crippen LogP contribution is 2.27. The molecular formula is C13H18N2. The van der Waals surface area contributed by atoms with Gasteiger partial charge in [-0.3, -0.25) is 4.90 Å². The second kappa shape index (κ2) is 3.62. The third-order valence-electron chi connectivity index (χ3n) is 3.80. The lowest BCUT2D eigenvalue weighted by molar-refractivity contribution is 0.247. The molecule has 0 radical (unpaired) electrons. The van der Waals surface area contributed by atoms with Crippen molar-refractivity contribution in [3.8, 4) is 0 Å². The van der Waals surface area contributed by atoms with Crippen molar-refractivity contribution in [3.05, 3.63) is 35.4 Å². The van der Waals surface area contributed by atoms with E-state index in [1.54, 1.807) is 11.1 Å². The summed E-state index contributed by atoms with van der Waals surface area (Å²) < 4.78 is 0. The van der Waals surface area contributed by atoms with Crippen LogP contribution in [0.5, 0.6) is 0 Å². The van der Waals surface area contributed by atoms with Gasteiger partial charge >= 0.3 is 0 Å². The maximum absolute atomic E-state index is 5.96. The Morgan fingerprint density at radius 1 is 1.13 bits per heavy atom. The van der Waals surface area contributed by atoms with Gasteiger partial charge in [-0.15, -0.1) is 0 Å². The van der Waals surface area contributed by atoms with Crippen LogP contribution in [0.4, 0.5) is 0 Å². The topological polar surface area (TPSA) is 29.3 Å². The predicted molar refractivity (Wildman–Crippen MR) is 61.8 cm³/mol. The number of benzene rings is 1. The van der Waals surface area contributed by atoms with E-state index in [1.807, 2.05) is 0 Å². The van der Waals surface area contributed by atoms with E-state index in [4.69, 9.17) is 5.73 Å². The Balaban J connectivity index is 1.73. The summed E-state index contributed by atoms with van der Waals surface area (Å²) >= 11 is 0. The molecule has 80 valence electrons. The number of likely N-dealkylation sites (tertiary alicyclic amines) is 1. The highest BCUT2D eigenvalue weighted by Gasteiger charge is 2.30. The fraction of sp³-hybridized carbons (Fsp3) is 0.538. The lowest BCUT2D eigenvalue weighted by Gasteiger charge is -2.22. The molecule has 15 heavy (non-hydrogen) atoms. The van der Waals surface area contributed by atoms with Gasteiger partial charge in [0.15, 0.2) is 0 Å². The molecule has 0 aromatic heterocycles. The third-order valence-corrected chi connectivity index (χ3v) is 3.80. The standard InChI is InChI=1S/C13H18N2/c14-12-5-6-15(9-12)13-7-10-3-1-2-4-11(10)8-13/h1-4,12-13H,5-9,14H2/t12-/m1/s1. The number of nitrogens with zero attached hydrogens (tertiary/aromatic N) is 1. The Labute approximate surface area is 91.1 Å². The van der Waals surface area contributed by atoms with Crippen molar-refractivity contribution >= 4 is 0 Å². The zero-order valence-corrected chi connectivity index (χ0v) is 9.02. The van der Waals surface area contributed by atoms with E-state index in [-0.39, 0.29) is 0 Å². The minimum Gasteiger partial charge on any atom is -0.326 e. The van der Waals surface area contributed by atoms with Crippen LogP contribution in [0.15, 0.2) is 24.3 Å². The van der Waals surface area contributed by atoms with Crippen LogP contribution < -0.4 is 5.73 Å². The van der Waals surface area contributed by atoms with Gasteiger partial charge in [0.1, 0.15) is 0 Å². The monoisotopic (exact) mass is 202 g/mol. The van der Waals surface area contributed by atoms with Gasteiger partial charge in [-0.05, 0) is 30.4 Å². The van der Waals surface area contributed by atoms with Gasteiger partial charge in [-0.25, -0.2) is 0 Å². The molecule has 0 bridgehead atoms. The highest BCUT2D eigenvalue weighted by molar-refractivity contribution is 5.33. The van der Waals surface area contributed by atoms with Crippen molar-refractivity contribution in [2.45, 2.75) is 31.3 Å². The Bertz CT molecular complexity index is 336. The molecule has 1 fully saturated rings. The third kappa shape index (κ3) is 1.68. The van der Waals surface area contributed by atoms with Crippen LogP contribution in [-0.4, -0.2) is 30.1 Å². The largest absolute Gasteiger partial charge is 0.326 e. The molecular weight excluding hydrogens is 184 g/mol. The molecule has 2 N–H and O–H groups in total. The van der Waals surface area contributed by atoms with Crippen LogP contribution in [0, 0.1) is 0 Å². The van der Waals surface area contributed by atoms with Gasteiger partial charge in [0.25, 0.3) is 0 Å². The first-order valence-electron chi connectivity index (χ1n) is 5.89. The second-order valence-corrected chi connectivity index (χ2v) is 4.87. The van der Waals surface area contributed by atoms with E-state index < -0.39 is 0 Å². The van der Waals surface area contributed by atoms with E-state index in [2.05, 4.69) is 29.2 Å². The van der Waals surface area contributed by atoms with Crippen LogP contribution in [0.1, 0.15) is 17.5 Å². The van der Waals surface area contributed by atoms with Gasteiger partial charge in [0, 0.05) is 25.2 Å². The van der Waals surface area contributed by atoms with Crippen molar-refractivity contribution in [2.24, 2.45) is 5.73 Å². The first kappa shape index (κ1) is 9.37. The summed E-state index contributed by atoms with van der Waals surface area (Å²) in [5.74, 6) is 0. The summed E-state index contributed by atoms with van der Waals surface area (Å²) in [6, 6.07) is 9.97. The average Bonchev–Trinajstić information content (AvgIpc) is 2.82. The predicted octanol–water partition coefficient (Wildman–Crippen LogP) is 1.19. The maximum atomic E-state index is 5.96. The van der Waals surface area contributed by atoms with Crippen molar-refractivity contribution in [1.29, 1.82) is 0 Å². The number of rotatable bonds is 1. The van der Waals surface area contributed by atoms with Crippen molar-refractivity contribution < 1.29 is 0 Å². The normalized spacial score (nSPS) is 27.1. The molecule has 1 aromatic carbocycles. The summed E-state index contributed by atoms with van der Waals surface area (Å²) in [4.78, 5) is 2.57. The lowest BCUT2D eigenvalue weighted by Crippen LogP contribution is -2.36. The first-order chi connectivity index (χ1) is 7.33. The molecule has 1 saturated heterocycles. The summed E-state index contributed by atoms with van der Waals surface area (Å²) in [7, 11) is 0. The van der Waals surface area contributed by atoms with E-state index in [0.29, 0.717) is 6.04 Å². The van der Waals surface area contributed by atoms with Crippen molar-refractivity contribution in [1.82, 2.24) is 4.90 Å². The summed E-state index contributed by atoms with van der Waals surface area (Å²) in [5.41, 5.74) is 9.04. The van der Waals surface area contributed by atoms with Gasteiger partial charge in [0.2, 0.25) is 0 Å². The Kier molecular flexibility index (Phi) is 2.26. The minimum atomic E-state index is 0.411. The lowest BCUT2D eigenvalue weighted by atomic mass is 10.1. The maximum Gasteiger partial charge on any atom is 0.0180 e. The second-order valence-electron chi connectivity index (χ2n) is 4.87. The van der Waals surface area contributed by atoms with E-state index in [9.17, 15) is 0 Å². The van der Waals surface area contributed by atoms with Gasteiger partial charge < -0.3 is 5.73 Å². The number of fused-ring (bicyclic) bond motifs is 1. The van der Waals surface area contributed by atoms with Crippen molar-refractivity contribution in [3.63, 3.8) is 0 Å². The van der Waals surface area contributed by atoms with Gasteiger partial charge in [0.05, 0.1) is 0 Å². The molecule has 1 heterocycles. The van der Waals surface area contributed by atoms with E-state index in [1.165, 1.54) is 25.8 Å². The van der Waals surface area contributed by atoms with Crippen LogP contribution in [0.2, 0.25) is 0 Å². The summed E-state index contributed by atoms with van der Waals surface area (Å²) in [6.07, 6.45) is 3.62. The number of nitrogens with two attached hydrogens (primary N) is 1. The zero-order valence-electron chi connectivity index (χ0n) is 9.02. The Morgan fingerprint density at radius 2 is 1.80 bits per heavy atom. The van der Waals surface area contributed by atoms with E-state index >= 15 is 0 Å². The van der Waals surface area contributed by atoms with Gasteiger partial charge in [-0.1, -0.05) is 24.3 Å². The van der Waals surface area contributed by atoms with Gasteiger partial charge in [-0.2, -0.15) is 0 Å². The number of hydrogen-bond donors (Lipinski definition) is 1. The minimum absolute atomic E-state index is 0.411. The molecule has 3 rings (SSSR count). The fourth-order valence-electron chi connectivity index (χ4n) is 2.94. The molecule has 2 nitrogen and oxygen atoms in total. The van der Waals surface area contributed by atoms with Crippen molar-refractivity contribution in [2.75, 3.05) is 13.1 Å². The summed E-state index contributed by atoms with van der Waals surface area (Å²) in [6.45, 7) is 2.29. The molecule has 1 aliphatic carbocycles. The van der Waals surface area contributed by atoms with E-state index in [0.717, 1.165) is 12.6 Å². The molecule has 1 atom stereocenters. The van der Waals surface area contributed by atoms with Crippen LogP contribution in [-0.2, 0) is 12.8 Å². The van der Waals surface area contributed by atoms with Crippen LogP contribution >= 0.6 is 0 Å². The first-order valence-corrected chi connectivity index (χ1v) is 5.89. The molecule has 0 saturated carbocycles. The average molecular weight is 202 g/mol. The summed E-state index contributed by atoms with van der Waals surface area (Å²) in [5, 5.41) is 0. The molecule has 2 aliphatic rings. The van der Waals surface area contributed by atoms with Crippen LogP contribution in [0.25, 0.3) is 0 Å². The molecule has 1 aromatic rings. The SMILES string of the molecule is N[C@@H]1CCN(C2Cc3ccccc3C2)C1. The zero-order chi connectivity index (χ0) is 10.3. The smallest absolute Gasteiger partial charge is 0.0180 e. The Morgan fingerprint density at radius 3 is 2.33 bits per heavy atom. The quantitative estimate of drug-likeness (QED) is 0.741. The molecule has 1 aliphatic heterocycles. The molecule has 0 spiro atoms. The van der Waals surface area contributed by atoms with Crippen LogP contribution in [0.3, 0.4) is 0 Å². The molecule has 0 amide bonds. The number of hydrogen-bond acceptors (Lipinski definition) is 2. The Hall–Kier alpha value is -0.860. The highest BCUT2D eigenvalue weighted by atomic mass is 15.2. The fourth-order valence-corrected chi connectivity index (χ4v) is 2.94. The molecule has 0 unspecified atom stereocenters. The molecule has 2 heteroatoms.